The first kappa shape index (κ1) is 69.3. The number of carbonyl (C=O) groups is 2. The van der Waals surface area contributed by atoms with Crippen LogP contribution in [0.1, 0.15) is 69.6 Å². The summed E-state index contributed by atoms with van der Waals surface area (Å²) < 4.78 is 14.9. The Hall–Kier alpha value is -14.5. The Morgan fingerprint density at radius 2 is 0.620 bits per heavy atom. The summed E-state index contributed by atoms with van der Waals surface area (Å²) in [5.41, 5.74) is -2.11. The first-order valence-corrected chi connectivity index (χ1v) is 34.2. The molecular weight excluding hydrogens is 1360 g/mol. The maximum atomic E-state index is 15.2. The third-order valence-corrected chi connectivity index (χ3v) is 19.7. The van der Waals surface area contributed by atoms with Gasteiger partial charge in [0.1, 0.15) is 0 Å². The molecule has 10 aromatic carbocycles. The predicted octanol–water partition coefficient (Wildman–Crippen LogP) is 13.5. The molecule has 0 unspecified atom stereocenters. The summed E-state index contributed by atoms with van der Waals surface area (Å²) in [6.45, 7) is 22.7. The second-order valence-electron chi connectivity index (χ2n) is 27.2. The van der Waals surface area contributed by atoms with E-state index >= 15 is 9.59 Å². The highest BCUT2D eigenvalue weighted by atomic mass is 16.5. The van der Waals surface area contributed by atoms with Crippen LogP contribution in [0.3, 0.4) is 0 Å². The lowest BCUT2D eigenvalue weighted by molar-refractivity contribution is -0.130. The fourth-order valence-electron chi connectivity index (χ4n) is 13.8. The Bertz CT molecular complexity index is 6450. The van der Waals surface area contributed by atoms with Crippen molar-refractivity contribution in [3.63, 3.8) is 0 Å². The number of benzene rings is 10. The van der Waals surface area contributed by atoms with E-state index < -0.39 is 79.1 Å². The standard InChI is InChI=1S/C87H63N9O12/c1-10-71-88-84(95-78(101)63-45-59-60(46-64(63)79(95)102)75(98)93(74(59)97)69-35-23-33-67(72(69)107-82(105)49(2)3)91(55-29-19-13-20-30-55)56-31-21-14-22-32-56)90-85(89-71)96-80(103)65-47-61-62(48-66(65)81(96)104)77(100)94(76(61)99)70-36-24-34-68(73(70)108-83(106)50(4)5)92(57-41-37-53(38-42-57)86(6,7)51-25-15-11-16-26-51)58-43-39-54(40-44-58)87(8,9)52-27-17-12-18-28-52/h10-48H,1-2,4H2,3,5-9H3. The highest BCUT2D eigenvalue weighted by molar-refractivity contribution is 6.01. The van der Waals surface area contributed by atoms with Crippen LogP contribution >= 0.6 is 0 Å². The summed E-state index contributed by atoms with van der Waals surface area (Å²) in [4.78, 5) is 163. The molecule has 0 saturated heterocycles. The Balaban J connectivity index is 0.828. The first-order chi connectivity index (χ1) is 51.9. The van der Waals surface area contributed by atoms with Crippen LogP contribution in [0.4, 0.5) is 34.1 Å². The van der Waals surface area contributed by atoms with Gasteiger partial charge in [-0.05, 0) is 139 Å². The third kappa shape index (κ3) is 11.5. The van der Waals surface area contributed by atoms with Crippen LogP contribution in [0.25, 0.3) is 72.4 Å². The van der Waals surface area contributed by atoms with Gasteiger partial charge in [0.15, 0.2) is 17.3 Å². The highest BCUT2D eigenvalue weighted by Gasteiger charge is 2.33. The molecule has 0 aliphatic carbocycles. The van der Waals surface area contributed by atoms with Crippen molar-refractivity contribution in [1.82, 2.24) is 33.2 Å². The van der Waals surface area contributed by atoms with Crippen molar-refractivity contribution in [2.24, 2.45) is 0 Å². The Morgan fingerprint density at radius 3 is 0.907 bits per heavy atom. The van der Waals surface area contributed by atoms with Gasteiger partial charge in [0.05, 0.1) is 65.8 Å². The zero-order valence-electron chi connectivity index (χ0n) is 59.1. The lowest BCUT2D eigenvalue weighted by Crippen LogP contribution is -2.30. The number of anilines is 6. The van der Waals surface area contributed by atoms with Gasteiger partial charge in [-0.25, -0.2) is 27.9 Å². The summed E-state index contributed by atoms with van der Waals surface area (Å²) in [6, 6.07) is 67.8. The minimum Gasteiger partial charge on any atom is -0.419 e. The molecule has 108 heavy (non-hydrogen) atoms. The number of fused-ring (bicyclic) bond motifs is 4. The normalized spacial score (nSPS) is 11.7. The van der Waals surface area contributed by atoms with E-state index in [-0.39, 0.29) is 94.3 Å². The maximum Gasteiger partial charge on any atom is 0.338 e. The van der Waals surface area contributed by atoms with E-state index in [0.29, 0.717) is 31.9 Å². The molecule has 21 heteroatoms. The van der Waals surface area contributed by atoms with Crippen molar-refractivity contribution in [3.05, 3.63) is 372 Å². The fourth-order valence-corrected chi connectivity index (χ4v) is 13.8. The number of aromatic nitrogens is 7. The van der Waals surface area contributed by atoms with Crippen LogP contribution in [0.15, 0.2) is 300 Å². The minimum atomic E-state index is -1.08. The van der Waals surface area contributed by atoms with Crippen molar-refractivity contribution in [2.75, 3.05) is 9.80 Å². The van der Waals surface area contributed by atoms with Crippen molar-refractivity contribution >= 4 is 95.2 Å². The molecule has 528 valence electrons. The Kier molecular flexibility index (Phi) is 17.1. The molecule has 0 fully saturated rings. The van der Waals surface area contributed by atoms with Gasteiger partial charge in [0.25, 0.3) is 44.5 Å². The summed E-state index contributed by atoms with van der Waals surface area (Å²) in [5.74, 6) is -3.86. The lowest BCUT2D eigenvalue weighted by Gasteiger charge is -2.31. The van der Waals surface area contributed by atoms with Crippen LogP contribution in [0, 0.1) is 0 Å². The number of rotatable bonds is 19. The SMILES string of the molecule is C=Cc1nc(-n2c(=O)c3cc4c(=O)n(-c5cccc(N(c6ccccc6)c6ccccc6)c5OC(=O)C(=C)C)c(=O)c4cc3c2=O)nc(-n2c(=O)c3cc4c(=O)n(-c5cccc(N(c6ccc(C(C)(C)c7ccccc7)cc6)c6ccc(C(C)(C)c7ccccc7)cc6)c5OC(=O)C(=C)C)c(=O)c4cc3c2=O)n1. The first-order valence-electron chi connectivity index (χ1n) is 34.2. The quantitative estimate of drug-likeness (QED) is 0.0414. The molecule has 5 heterocycles. The molecule has 0 aliphatic heterocycles. The molecule has 15 rings (SSSR count). The van der Waals surface area contributed by atoms with Crippen LogP contribution in [-0.4, -0.2) is 45.2 Å². The molecule has 5 aromatic heterocycles. The van der Waals surface area contributed by atoms with Crippen LogP contribution in [-0.2, 0) is 20.4 Å². The molecule has 0 N–H and O–H groups in total. The van der Waals surface area contributed by atoms with Gasteiger partial charge in [0.2, 0.25) is 11.9 Å². The Morgan fingerprint density at radius 1 is 0.352 bits per heavy atom. The number of hydrogen-bond acceptors (Lipinski definition) is 17. The van der Waals surface area contributed by atoms with E-state index in [1.807, 2.05) is 150 Å². The van der Waals surface area contributed by atoms with Crippen molar-refractivity contribution in [1.29, 1.82) is 0 Å². The highest BCUT2D eigenvalue weighted by Crippen LogP contribution is 2.47. The maximum absolute atomic E-state index is 15.2. The van der Waals surface area contributed by atoms with Gasteiger partial charge in [0, 0.05) is 44.7 Å². The zero-order chi connectivity index (χ0) is 75.9. The average Bonchev–Trinajstić information content (AvgIpc) is 1.57. The molecular formula is C87H63N9O12. The number of carbonyl (C=O) groups excluding carboxylic acids is 2. The second-order valence-corrected chi connectivity index (χ2v) is 27.2. The predicted molar refractivity (Wildman–Crippen MR) is 420 cm³/mol. The van der Waals surface area contributed by atoms with Crippen molar-refractivity contribution in [2.45, 2.75) is 52.4 Å². The number of para-hydroxylation sites is 4. The number of hydrogen-bond donors (Lipinski definition) is 0. The van der Waals surface area contributed by atoms with E-state index in [1.165, 1.54) is 26.0 Å². The molecule has 15 aromatic rings. The fraction of sp³-hybridized carbons (Fsp3) is 0.0920. The second kappa shape index (κ2) is 26.7. The van der Waals surface area contributed by atoms with Crippen LogP contribution in [0.2, 0.25) is 0 Å². The molecule has 21 nitrogen and oxygen atoms in total. The van der Waals surface area contributed by atoms with E-state index in [9.17, 15) is 38.4 Å². The van der Waals surface area contributed by atoms with Gasteiger partial charge >= 0.3 is 11.9 Å². The molecule has 0 amide bonds. The number of esters is 2. The van der Waals surface area contributed by atoms with Crippen LogP contribution in [0.5, 0.6) is 11.5 Å². The largest absolute Gasteiger partial charge is 0.419 e. The van der Waals surface area contributed by atoms with Crippen molar-refractivity contribution in [3.8, 4) is 34.8 Å². The Labute approximate surface area is 613 Å². The van der Waals surface area contributed by atoms with Gasteiger partial charge in [-0.1, -0.05) is 181 Å². The van der Waals surface area contributed by atoms with E-state index in [4.69, 9.17) is 9.47 Å². The average molecular weight is 1430 g/mol. The van der Waals surface area contributed by atoms with E-state index in [0.717, 1.165) is 61.7 Å². The van der Waals surface area contributed by atoms with E-state index in [1.54, 1.807) is 29.2 Å². The smallest absolute Gasteiger partial charge is 0.338 e. The molecule has 0 saturated carbocycles. The summed E-state index contributed by atoms with van der Waals surface area (Å²) >= 11 is 0. The monoisotopic (exact) mass is 1430 g/mol. The minimum absolute atomic E-state index is 0.000771. The van der Waals surface area contributed by atoms with Crippen molar-refractivity contribution < 1.29 is 19.1 Å². The molecule has 0 spiro atoms. The summed E-state index contributed by atoms with van der Waals surface area (Å²) in [7, 11) is 0. The summed E-state index contributed by atoms with van der Waals surface area (Å²) in [5, 5.41) is -2.59. The van der Waals surface area contributed by atoms with Crippen LogP contribution < -0.4 is 63.7 Å². The molecule has 0 bridgehead atoms. The summed E-state index contributed by atoms with van der Waals surface area (Å²) in [6.07, 6.45) is 1.10. The van der Waals surface area contributed by atoms with Gasteiger partial charge in [-0.2, -0.15) is 15.0 Å². The zero-order valence-corrected chi connectivity index (χ0v) is 59.1. The van der Waals surface area contributed by atoms with Gasteiger partial charge in [-0.3, -0.25) is 38.4 Å². The number of ether oxygens (including phenoxy) is 2. The van der Waals surface area contributed by atoms with E-state index in [2.05, 4.69) is 86.6 Å². The molecule has 0 aliphatic rings. The van der Waals surface area contributed by atoms with Gasteiger partial charge < -0.3 is 19.3 Å². The lowest BCUT2D eigenvalue weighted by atomic mass is 9.78. The molecule has 0 radical (unpaired) electrons. The third-order valence-electron chi connectivity index (χ3n) is 19.7. The number of nitrogens with zero attached hydrogens (tertiary/aromatic N) is 9. The van der Waals surface area contributed by atoms with Gasteiger partial charge in [-0.15, -0.1) is 0 Å². The molecule has 0 atom stereocenters. The topological polar surface area (TPSA) is 254 Å².